The highest BCUT2D eigenvalue weighted by molar-refractivity contribution is 5.91. The van der Waals surface area contributed by atoms with Crippen LogP contribution in [0.15, 0.2) is 66.7 Å². The Kier molecular flexibility index (Phi) is 8.60. The summed E-state index contributed by atoms with van der Waals surface area (Å²) in [5.74, 6) is -1.31. The Balaban J connectivity index is 0.000000331. The highest BCUT2D eigenvalue weighted by Gasteiger charge is 2.34. The summed E-state index contributed by atoms with van der Waals surface area (Å²) in [5, 5.41) is 18.5. The molecule has 2 aromatic carbocycles. The Morgan fingerprint density at radius 3 is 2.12 bits per heavy atom. The molecule has 0 aliphatic carbocycles. The Morgan fingerprint density at radius 2 is 1.55 bits per heavy atom. The Labute approximate surface area is 192 Å². The lowest BCUT2D eigenvalue weighted by Gasteiger charge is -2.44. The molecule has 8 heteroatoms. The number of nitrogens with one attached hydrogen (secondary N) is 1. The van der Waals surface area contributed by atoms with Crippen molar-refractivity contribution in [3.8, 4) is 11.1 Å². The number of carboxylic acid groups (broad SMARTS) is 2. The van der Waals surface area contributed by atoms with E-state index < -0.39 is 11.9 Å². The maximum absolute atomic E-state index is 12.3. The van der Waals surface area contributed by atoms with Crippen LogP contribution in [0.5, 0.6) is 0 Å². The number of hydrogen-bond donors (Lipinski definition) is 3. The van der Waals surface area contributed by atoms with Gasteiger partial charge in [0.2, 0.25) is 0 Å². The number of carbonyl (C=O) groups excluding carboxylic acids is 1. The van der Waals surface area contributed by atoms with Crippen LogP contribution in [0.4, 0.5) is 10.5 Å². The third-order valence-corrected chi connectivity index (χ3v) is 5.84. The van der Waals surface area contributed by atoms with Crippen molar-refractivity contribution in [1.29, 1.82) is 0 Å². The van der Waals surface area contributed by atoms with Crippen LogP contribution < -0.4 is 5.32 Å². The van der Waals surface area contributed by atoms with Crippen molar-refractivity contribution in [2.45, 2.75) is 12.8 Å². The van der Waals surface area contributed by atoms with Crippen molar-refractivity contribution in [1.82, 2.24) is 4.90 Å². The number of carbonyl (C=O) groups is 3. The van der Waals surface area contributed by atoms with Gasteiger partial charge in [-0.3, -0.25) is 5.32 Å². The van der Waals surface area contributed by atoms with Crippen LogP contribution in [0.1, 0.15) is 12.8 Å². The van der Waals surface area contributed by atoms with E-state index in [0.29, 0.717) is 24.7 Å². The molecule has 1 amide bonds. The number of benzene rings is 2. The van der Waals surface area contributed by atoms with Gasteiger partial charge in [0.1, 0.15) is 0 Å². The Bertz CT molecular complexity index is 967. The zero-order valence-electron chi connectivity index (χ0n) is 18.2. The normalized spacial score (nSPS) is 21.0. The maximum Gasteiger partial charge on any atom is 0.411 e. The summed E-state index contributed by atoms with van der Waals surface area (Å²) in [6.45, 7) is 3.99. The molecule has 0 radical (unpaired) electrons. The molecule has 3 heterocycles. The van der Waals surface area contributed by atoms with Gasteiger partial charge in [0.25, 0.3) is 0 Å². The second-order valence-corrected chi connectivity index (χ2v) is 8.04. The molecule has 0 saturated carbocycles. The summed E-state index contributed by atoms with van der Waals surface area (Å²) in [7, 11) is 0. The average molecular weight is 453 g/mol. The standard InChI is InChI=1S/C21H24N2O2.C4H4O4/c24-21(25-15-18-14-23-12-10-16(18)11-13-23)22-20-9-5-4-8-19(20)17-6-2-1-3-7-17;5-3(6)1-2-4(7)8/h1-9,16,18H,10-15H2,(H,22,24);1-2H,(H,5,6)(H,7,8)/b;2-1+. The second kappa shape index (κ2) is 11.8. The van der Waals surface area contributed by atoms with Gasteiger partial charge >= 0.3 is 18.0 Å². The topological polar surface area (TPSA) is 116 Å². The molecule has 1 unspecified atom stereocenters. The number of nitrogens with zero attached hydrogens (tertiary/aromatic N) is 1. The zero-order valence-corrected chi connectivity index (χ0v) is 18.2. The van der Waals surface area contributed by atoms with Gasteiger partial charge < -0.3 is 19.8 Å². The Morgan fingerprint density at radius 1 is 0.939 bits per heavy atom. The first kappa shape index (κ1) is 24.0. The molecular formula is C25H28N2O6. The largest absolute Gasteiger partial charge is 0.478 e. The van der Waals surface area contributed by atoms with Gasteiger partial charge in [-0.25, -0.2) is 14.4 Å². The van der Waals surface area contributed by atoms with Gasteiger partial charge in [-0.1, -0.05) is 48.5 Å². The first-order chi connectivity index (χ1) is 15.9. The van der Waals surface area contributed by atoms with Crippen LogP contribution in [-0.4, -0.2) is 59.4 Å². The van der Waals surface area contributed by atoms with E-state index in [1.807, 2.05) is 54.6 Å². The second-order valence-electron chi connectivity index (χ2n) is 8.04. The molecule has 8 nitrogen and oxygen atoms in total. The quantitative estimate of drug-likeness (QED) is 0.568. The van der Waals surface area contributed by atoms with Crippen molar-refractivity contribution in [2.24, 2.45) is 11.8 Å². The maximum atomic E-state index is 12.3. The molecule has 3 aliphatic rings. The van der Waals surface area contributed by atoms with Gasteiger partial charge in [-0.2, -0.15) is 0 Å². The van der Waals surface area contributed by atoms with E-state index in [1.165, 1.54) is 25.9 Å². The van der Waals surface area contributed by atoms with E-state index in [9.17, 15) is 14.4 Å². The number of rotatable bonds is 6. The smallest absolute Gasteiger partial charge is 0.411 e. The summed E-state index contributed by atoms with van der Waals surface area (Å²) in [5.41, 5.74) is 2.87. The van der Waals surface area contributed by atoms with Gasteiger partial charge in [0.15, 0.2) is 0 Å². The van der Waals surface area contributed by atoms with Crippen LogP contribution in [0, 0.1) is 11.8 Å². The minimum absolute atomic E-state index is 0.361. The molecule has 33 heavy (non-hydrogen) atoms. The molecule has 2 bridgehead atoms. The van der Waals surface area contributed by atoms with Gasteiger partial charge in [0.05, 0.1) is 12.3 Å². The monoisotopic (exact) mass is 452 g/mol. The summed E-state index contributed by atoms with van der Waals surface area (Å²) in [4.78, 5) is 33.9. The first-order valence-electron chi connectivity index (χ1n) is 10.9. The van der Waals surface area contributed by atoms with Crippen molar-refractivity contribution in [2.75, 3.05) is 31.6 Å². The first-order valence-corrected chi connectivity index (χ1v) is 10.9. The molecule has 5 rings (SSSR count). The molecule has 174 valence electrons. The fraction of sp³-hybridized carbons (Fsp3) is 0.320. The van der Waals surface area contributed by atoms with Crippen LogP contribution in [0.2, 0.25) is 0 Å². The van der Waals surface area contributed by atoms with Gasteiger partial charge in [-0.15, -0.1) is 0 Å². The molecule has 2 aromatic rings. The van der Waals surface area contributed by atoms with Crippen molar-refractivity contribution in [3.63, 3.8) is 0 Å². The lowest BCUT2D eigenvalue weighted by molar-refractivity contribution is -0.134. The molecular weight excluding hydrogens is 424 g/mol. The van der Waals surface area contributed by atoms with E-state index in [0.717, 1.165) is 29.3 Å². The highest BCUT2D eigenvalue weighted by atomic mass is 16.5. The molecule has 3 aliphatic heterocycles. The Hall–Kier alpha value is -3.65. The number of ether oxygens (including phenoxy) is 1. The van der Waals surface area contributed by atoms with Crippen LogP contribution in [-0.2, 0) is 14.3 Å². The van der Waals surface area contributed by atoms with Crippen LogP contribution in [0.3, 0.4) is 0 Å². The fourth-order valence-electron chi connectivity index (χ4n) is 4.21. The summed E-state index contributed by atoms with van der Waals surface area (Å²) < 4.78 is 5.55. The number of fused-ring (bicyclic) bond motifs is 3. The van der Waals surface area contributed by atoms with E-state index >= 15 is 0 Å². The third-order valence-electron chi connectivity index (χ3n) is 5.84. The lowest BCUT2D eigenvalue weighted by atomic mass is 9.79. The zero-order chi connectivity index (χ0) is 23.6. The molecule has 3 saturated heterocycles. The SMILES string of the molecule is O=C(Nc1ccccc1-c1ccccc1)OCC1CN2CCC1CC2.O=C(O)/C=C/C(=O)O. The van der Waals surface area contributed by atoms with Crippen molar-refractivity contribution in [3.05, 3.63) is 66.7 Å². The molecule has 3 N–H and O–H groups in total. The van der Waals surface area contributed by atoms with Crippen LogP contribution >= 0.6 is 0 Å². The van der Waals surface area contributed by atoms with E-state index in [1.54, 1.807) is 0 Å². The molecule has 1 atom stereocenters. The van der Waals surface area contributed by atoms with Gasteiger partial charge in [-0.05, 0) is 43.5 Å². The molecule has 0 spiro atoms. The summed E-state index contributed by atoms with van der Waals surface area (Å²) in [6, 6.07) is 17.9. The predicted molar refractivity (Wildman–Crippen MR) is 124 cm³/mol. The van der Waals surface area contributed by atoms with Crippen molar-refractivity contribution >= 4 is 23.7 Å². The molecule has 0 aromatic heterocycles. The predicted octanol–water partition coefficient (Wildman–Crippen LogP) is 3.96. The molecule has 3 fully saturated rings. The lowest BCUT2D eigenvalue weighted by Crippen LogP contribution is -2.49. The number of piperidine rings is 3. The van der Waals surface area contributed by atoms with E-state index in [4.69, 9.17) is 14.9 Å². The summed E-state index contributed by atoms with van der Waals surface area (Å²) >= 11 is 0. The number of amides is 1. The minimum atomic E-state index is -1.26. The minimum Gasteiger partial charge on any atom is -0.478 e. The van der Waals surface area contributed by atoms with Crippen molar-refractivity contribution < 1.29 is 29.3 Å². The number of hydrogen-bond acceptors (Lipinski definition) is 5. The van der Waals surface area contributed by atoms with E-state index in [-0.39, 0.29) is 6.09 Å². The number of carboxylic acids is 2. The third kappa shape index (κ3) is 7.47. The fourth-order valence-corrected chi connectivity index (χ4v) is 4.21. The van der Waals surface area contributed by atoms with Gasteiger partial charge in [0, 0.05) is 30.2 Å². The highest BCUT2D eigenvalue weighted by Crippen LogP contribution is 2.32. The van der Waals surface area contributed by atoms with E-state index in [2.05, 4.69) is 10.2 Å². The van der Waals surface area contributed by atoms with Crippen LogP contribution in [0.25, 0.3) is 11.1 Å². The average Bonchev–Trinajstić information content (AvgIpc) is 2.83. The number of aliphatic carboxylic acids is 2. The number of anilines is 1. The summed E-state index contributed by atoms with van der Waals surface area (Å²) in [6.07, 6.45) is 3.24. The number of para-hydroxylation sites is 1.